The quantitative estimate of drug-likeness (QED) is 0.829. The predicted molar refractivity (Wildman–Crippen MR) is 92.0 cm³/mol. The van der Waals surface area contributed by atoms with Crippen LogP contribution in [-0.2, 0) is 14.8 Å². The number of sulfonamides is 1. The van der Waals surface area contributed by atoms with Gasteiger partial charge in [-0.25, -0.2) is 13.1 Å². The van der Waals surface area contributed by atoms with E-state index in [0.717, 1.165) is 25.7 Å². The maximum absolute atomic E-state index is 12.4. The average molecular weight is 368 g/mol. The number of nitrogens with one attached hydrogen (secondary N) is 1. The van der Waals surface area contributed by atoms with Gasteiger partial charge in [0.05, 0.1) is 4.90 Å². The Bertz CT molecular complexity index is 729. The maximum atomic E-state index is 12.4. The van der Waals surface area contributed by atoms with Crippen LogP contribution in [0.3, 0.4) is 0 Å². The van der Waals surface area contributed by atoms with E-state index in [1.807, 2.05) is 0 Å². The van der Waals surface area contributed by atoms with Crippen LogP contribution < -0.4 is 14.2 Å². The molecule has 1 fully saturated rings. The van der Waals surface area contributed by atoms with Gasteiger partial charge >= 0.3 is 0 Å². The van der Waals surface area contributed by atoms with E-state index in [1.54, 1.807) is 17.9 Å². The summed E-state index contributed by atoms with van der Waals surface area (Å²) in [5.41, 5.74) is 0. The summed E-state index contributed by atoms with van der Waals surface area (Å²) in [4.78, 5) is 13.8. The van der Waals surface area contributed by atoms with Gasteiger partial charge in [0.25, 0.3) is 0 Å². The lowest BCUT2D eigenvalue weighted by molar-refractivity contribution is -0.131. The molecule has 0 bridgehead atoms. The first-order chi connectivity index (χ1) is 12.0. The predicted octanol–water partition coefficient (Wildman–Crippen LogP) is 1.87. The molecular formula is C17H24N2O5S. The number of rotatable bonds is 6. The SMILES string of the molecule is CC(=O)N(CCNS(=O)(=O)c1ccc2c(c1)OCO2)C1CCCCC1. The standard InChI is InChI=1S/C17H24N2O5S/c1-13(20)19(14-5-3-2-4-6-14)10-9-18-25(21,22)15-7-8-16-17(11-15)24-12-23-16/h7-8,11,14,18H,2-6,9-10,12H2,1H3. The molecule has 0 atom stereocenters. The van der Waals surface area contributed by atoms with E-state index in [-0.39, 0.29) is 30.2 Å². The van der Waals surface area contributed by atoms with Gasteiger partial charge in [-0.3, -0.25) is 4.79 Å². The zero-order chi connectivity index (χ0) is 17.9. The van der Waals surface area contributed by atoms with Crippen LogP contribution in [0.2, 0.25) is 0 Å². The lowest BCUT2D eigenvalue weighted by atomic mass is 9.94. The van der Waals surface area contributed by atoms with Gasteiger partial charge in [-0.1, -0.05) is 19.3 Å². The Balaban J connectivity index is 1.60. The Morgan fingerprint density at radius 1 is 1.20 bits per heavy atom. The topological polar surface area (TPSA) is 84.9 Å². The van der Waals surface area contributed by atoms with E-state index < -0.39 is 10.0 Å². The van der Waals surface area contributed by atoms with Crippen LogP contribution in [0.1, 0.15) is 39.0 Å². The third kappa shape index (κ3) is 4.24. The molecule has 1 saturated carbocycles. The van der Waals surface area contributed by atoms with Gasteiger partial charge in [-0.2, -0.15) is 0 Å². The molecule has 7 nitrogen and oxygen atoms in total. The van der Waals surface area contributed by atoms with Crippen molar-refractivity contribution in [2.75, 3.05) is 19.9 Å². The number of amides is 1. The summed E-state index contributed by atoms with van der Waals surface area (Å²) in [5, 5.41) is 0. The molecule has 1 aliphatic heterocycles. The first-order valence-corrected chi connectivity index (χ1v) is 10.1. The molecule has 1 aromatic carbocycles. The fourth-order valence-corrected chi connectivity index (χ4v) is 4.45. The van der Waals surface area contributed by atoms with Gasteiger partial charge in [0.15, 0.2) is 11.5 Å². The average Bonchev–Trinajstić information content (AvgIpc) is 3.07. The number of benzene rings is 1. The molecule has 0 radical (unpaired) electrons. The molecule has 1 aliphatic carbocycles. The minimum absolute atomic E-state index is 0.00539. The van der Waals surface area contributed by atoms with Crippen molar-refractivity contribution in [1.82, 2.24) is 9.62 Å². The highest BCUT2D eigenvalue weighted by atomic mass is 32.2. The molecule has 1 N–H and O–H groups in total. The van der Waals surface area contributed by atoms with Crippen LogP contribution in [-0.4, -0.2) is 45.1 Å². The number of carbonyl (C=O) groups is 1. The van der Waals surface area contributed by atoms with Crippen molar-refractivity contribution in [2.24, 2.45) is 0 Å². The summed E-state index contributed by atoms with van der Waals surface area (Å²) >= 11 is 0. The zero-order valence-corrected chi connectivity index (χ0v) is 15.2. The van der Waals surface area contributed by atoms with Gasteiger partial charge in [-0.05, 0) is 25.0 Å². The smallest absolute Gasteiger partial charge is 0.240 e. The fraction of sp³-hybridized carbons (Fsp3) is 0.588. The minimum atomic E-state index is -3.66. The van der Waals surface area contributed by atoms with Crippen LogP contribution in [0.15, 0.2) is 23.1 Å². The first kappa shape index (κ1) is 18.0. The van der Waals surface area contributed by atoms with Crippen LogP contribution in [0.4, 0.5) is 0 Å². The van der Waals surface area contributed by atoms with Crippen molar-refractivity contribution >= 4 is 15.9 Å². The van der Waals surface area contributed by atoms with Gasteiger partial charge in [0, 0.05) is 32.1 Å². The molecule has 1 aromatic rings. The van der Waals surface area contributed by atoms with Crippen molar-refractivity contribution < 1.29 is 22.7 Å². The highest BCUT2D eigenvalue weighted by Crippen LogP contribution is 2.33. The van der Waals surface area contributed by atoms with Gasteiger partial charge in [0.2, 0.25) is 22.7 Å². The van der Waals surface area contributed by atoms with E-state index in [1.165, 1.54) is 18.6 Å². The number of carbonyl (C=O) groups excluding carboxylic acids is 1. The van der Waals surface area contributed by atoms with Crippen LogP contribution in [0.25, 0.3) is 0 Å². The molecule has 8 heteroatoms. The van der Waals surface area contributed by atoms with Crippen LogP contribution in [0.5, 0.6) is 11.5 Å². The summed E-state index contributed by atoms with van der Waals surface area (Å²) in [7, 11) is -3.66. The second-order valence-electron chi connectivity index (χ2n) is 6.42. The Hall–Kier alpha value is -1.80. The molecule has 0 saturated heterocycles. The molecule has 2 aliphatic rings. The number of hydrogen-bond acceptors (Lipinski definition) is 5. The molecule has 138 valence electrons. The second kappa shape index (κ2) is 7.61. The Labute approximate surface area is 148 Å². The van der Waals surface area contributed by atoms with Crippen molar-refractivity contribution in [3.8, 4) is 11.5 Å². The van der Waals surface area contributed by atoms with Gasteiger partial charge in [-0.15, -0.1) is 0 Å². The molecule has 3 rings (SSSR count). The summed E-state index contributed by atoms with van der Waals surface area (Å²) in [5.74, 6) is 0.962. The first-order valence-electron chi connectivity index (χ1n) is 8.64. The summed E-state index contributed by atoms with van der Waals surface area (Å²) < 4.78 is 37.9. The molecule has 1 heterocycles. The third-order valence-electron chi connectivity index (χ3n) is 4.72. The lowest BCUT2D eigenvalue weighted by Crippen LogP contribution is -2.44. The Morgan fingerprint density at radius 2 is 1.92 bits per heavy atom. The third-order valence-corrected chi connectivity index (χ3v) is 6.18. The van der Waals surface area contributed by atoms with Crippen LogP contribution >= 0.6 is 0 Å². The van der Waals surface area contributed by atoms with Crippen molar-refractivity contribution in [3.05, 3.63) is 18.2 Å². The fourth-order valence-electron chi connectivity index (χ4n) is 3.42. The highest BCUT2D eigenvalue weighted by molar-refractivity contribution is 7.89. The Morgan fingerprint density at radius 3 is 2.64 bits per heavy atom. The highest BCUT2D eigenvalue weighted by Gasteiger charge is 2.24. The number of hydrogen-bond donors (Lipinski definition) is 1. The molecule has 0 spiro atoms. The molecule has 0 aromatic heterocycles. The summed E-state index contributed by atoms with van der Waals surface area (Å²) in [6.45, 7) is 2.21. The van der Waals surface area contributed by atoms with Crippen LogP contribution in [0, 0.1) is 0 Å². The van der Waals surface area contributed by atoms with E-state index in [9.17, 15) is 13.2 Å². The maximum Gasteiger partial charge on any atom is 0.240 e. The van der Waals surface area contributed by atoms with Crippen molar-refractivity contribution in [1.29, 1.82) is 0 Å². The van der Waals surface area contributed by atoms with Crippen molar-refractivity contribution in [3.63, 3.8) is 0 Å². The van der Waals surface area contributed by atoms with E-state index >= 15 is 0 Å². The van der Waals surface area contributed by atoms with Gasteiger partial charge in [0.1, 0.15) is 0 Å². The normalized spacial score (nSPS) is 17.5. The van der Waals surface area contributed by atoms with Gasteiger partial charge < -0.3 is 14.4 Å². The van der Waals surface area contributed by atoms with Crippen molar-refractivity contribution in [2.45, 2.75) is 50.0 Å². The number of nitrogens with zero attached hydrogens (tertiary/aromatic N) is 1. The number of ether oxygens (including phenoxy) is 2. The monoisotopic (exact) mass is 368 g/mol. The summed E-state index contributed by atoms with van der Waals surface area (Å²) in [6, 6.07) is 4.75. The molecular weight excluding hydrogens is 344 g/mol. The largest absolute Gasteiger partial charge is 0.454 e. The minimum Gasteiger partial charge on any atom is -0.454 e. The van der Waals surface area contributed by atoms with E-state index in [4.69, 9.17) is 9.47 Å². The summed E-state index contributed by atoms with van der Waals surface area (Å²) in [6.07, 6.45) is 5.44. The van der Waals surface area contributed by atoms with E-state index in [2.05, 4.69) is 4.72 Å². The lowest BCUT2D eigenvalue weighted by Gasteiger charge is -2.33. The zero-order valence-electron chi connectivity index (χ0n) is 14.4. The number of fused-ring (bicyclic) bond motifs is 1. The Kier molecular flexibility index (Phi) is 5.48. The molecule has 1 amide bonds. The molecule has 0 unspecified atom stereocenters. The molecule has 25 heavy (non-hydrogen) atoms. The van der Waals surface area contributed by atoms with E-state index in [0.29, 0.717) is 18.0 Å². The second-order valence-corrected chi connectivity index (χ2v) is 8.18.